The Morgan fingerprint density at radius 2 is 1.81 bits per heavy atom. The van der Waals surface area contributed by atoms with Crippen molar-refractivity contribution in [2.45, 2.75) is 32.2 Å². The monoisotopic (exact) mass is 385 g/mol. The van der Waals surface area contributed by atoms with Gasteiger partial charge < -0.3 is 4.74 Å². The number of aromatic nitrogens is 2. The number of rotatable bonds is 7. The maximum absolute atomic E-state index is 12.6. The number of sulfonamides is 1. The first-order valence-electron chi connectivity index (χ1n) is 8.73. The number of aryl methyl sites for hydroxylation is 2. The van der Waals surface area contributed by atoms with Crippen molar-refractivity contribution in [1.29, 1.82) is 0 Å². The zero-order valence-electron chi connectivity index (χ0n) is 15.6. The molecule has 0 saturated heterocycles. The second-order valence-corrected chi connectivity index (χ2v) is 7.98. The quantitative estimate of drug-likeness (QED) is 0.672. The molecule has 0 atom stereocenters. The van der Waals surface area contributed by atoms with E-state index in [0.717, 1.165) is 17.0 Å². The molecule has 0 aliphatic heterocycles. The summed E-state index contributed by atoms with van der Waals surface area (Å²) in [7, 11) is -3.67. The van der Waals surface area contributed by atoms with Gasteiger partial charge in [-0.25, -0.2) is 8.42 Å². The Bertz CT molecular complexity index is 1020. The van der Waals surface area contributed by atoms with Crippen LogP contribution in [-0.4, -0.2) is 24.8 Å². The first-order valence-corrected chi connectivity index (χ1v) is 10.2. The molecule has 0 aliphatic carbocycles. The Morgan fingerprint density at radius 1 is 1.07 bits per heavy atom. The summed E-state index contributed by atoms with van der Waals surface area (Å²) in [6.07, 6.45) is 0. The van der Waals surface area contributed by atoms with Crippen LogP contribution >= 0.6 is 0 Å². The van der Waals surface area contributed by atoms with Gasteiger partial charge in [-0.2, -0.15) is 5.10 Å². The lowest BCUT2D eigenvalue weighted by molar-refractivity contribution is 0.340. The highest BCUT2D eigenvalue weighted by Crippen LogP contribution is 2.20. The van der Waals surface area contributed by atoms with Crippen LogP contribution in [0.1, 0.15) is 23.9 Å². The van der Waals surface area contributed by atoms with E-state index in [0.29, 0.717) is 24.6 Å². The van der Waals surface area contributed by atoms with Crippen LogP contribution in [0, 0.1) is 13.8 Å². The molecule has 3 rings (SSSR count). The van der Waals surface area contributed by atoms with Gasteiger partial charge in [0.1, 0.15) is 5.75 Å². The highest BCUT2D eigenvalue weighted by atomic mass is 32.2. The lowest BCUT2D eigenvalue weighted by atomic mass is 10.2. The summed E-state index contributed by atoms with van der Waals surface area (Å²) in [5, 5.41) is 4.45. The molecule has 7 heteroatoms. The molecule has 0 spiro atoms. The molecule has 3 aromatic rings. The van der Waals surface area contributed by atoms with Gasteiger partial charge in [-0.15, -0.1) is 0 Å². The molecule has 0 aliphatic rings. The van der Waals surface area contributed by atoms with E-state index in [9.17, 15) is 8.42 Å². The molecule has 27 heavy (non-hydrogen) atoms. The first-order chi connectivity index (χ1) is 12.9. The van der Waals surface area contributed by atoms with Crippen LogP contribution in [0.3, 0.4) is 0 Å². The number of anilines is 1. The van der Waals surface area contributed by atoms with Crippen LogP contribution in [0.25, 0.3) is 0 Å². The van der Waals surface area contributed by atoms with Crippen LogP contribution in [-0.2, 0) is 16.6 Å². The Hall–Kier alpha value is -2.80. The van der Waals surface area contributed by atoms with Crippen molar-refractivity contribution in [1.82, 2.24) is 9.78 Å². The minimum atomic E-state index is -3.67. The lowest BCUT2D eigenvalue weighted by Gasteiger charge is -2.11. The highest BCUT2D eigenvalue weighted by molar-refractivity contribution is 7.92. The van der Waals surface area contributed by atoms with E-state index < -0.39 is 10.0 Å². The maximum Gasteiger partial charge on any atom is 0.261 e. The average Bonchev–Trinajstić information content (AvgIpc) is 2.93. The molecular weight excluding hydrogens is 362 g/mol. The number of ether oxygens (including phenoxy) is 1. The van der Waals surface area contributed by atoms with E-state index in [-0.39, 0.29) is 4.90 Å². The van der Waals surface area contributed by atoms with E-state index in [2.05, 4.69) is 9.82 Å². The van der Waals surface area contributed by atoms with Gasteiger partial charge in [0.2, 0.25) is 0 Å². The van der Waals surface area contributed by atoms with Crippen molar-refractivity contribution < 1.29 is 13.2 Å². The molecule has 0 saturated carbocycles. The summed E-state index contributed by atoms with van der Waals surface area (Å²) < 4.78 is 35.1. The van der Waals surface area contributed by atoms with Crippen LogP contribution in [0.4, 0.5) is 5.69 Å². The van der Waals surface area contributed by atoms with Crippen molar-refractivity contribution in [3.05, 3.63) is 71.5 Å². The van der Waals surface area contributed by atoms with Crippen LogP contribution < -0.4 is 9.46 Å². The molecule has 0 radical (unpaired) electrons. The Morgan fingerprint density at radius 3 is 2.44 bits per heavy atom. The van der Waals surface area contributed by atoms with Crippen molar-refractivity contribution in [3.63, 3.8) is 0 Å². The van der Waals surface area contributed by atoms with Crippen molar-refractivity contribution in [2.75, 3.05) is 11.3 Å². The second-order valence-electron chi connectivity index (χ2n) is 6.30. The zero-order valence-corrected chi connectivity index (χ0v) is 16.5. The van der Waals surface area contributed by atoms with Crippen molar-refractivity contribution in [2.24, 2.45) is 0 Å². The van der Waals surface area contributed by atoms with Crippen molar-refractivity contribution >= 4 is 15.7 Å². The Labute approximate surface area is 159 Å². The van der Waals surface area contributed by atoms with Gasteiger partial charge in [-0.1, -0.05) is 12.1 Å². The van der Waals surface area contributed by atoms with Gasteiger partial charge >= 0.3 is 0 Å². The standard InChI is InChI=1S/C20H23N3O3S/c1-4-26-19-8-10-20(11-9-19)27(24,25)22-18-7-5-6-17(13-18)14-23-16(3)12-15(2)21-23/h5-13,22H,4,14H2,1-3H3. The maximum atomic E-state index is 12.6. The van der Waals surface area contributed by atoms with Crippen LogP contribution in [0.15, 0.2) is 59.5 Å². The zero-order chi connectivity index (χ0) is 19.4. The molecule has 1 N–H and O–H groups in total. The van der Waals surface area contributed by atoms with E-state index in [1.807, 2.05) is 49.7 Å². The molecule has 6 nitrogen and oxygen atoms in total. The van der Waals surface area contributed by atoms with E-state index in [1.54, 1.807) is 18.2 Å². The Kier molecular flexibility index (Phi) is 5.51. The fourth-order valence-electron chi connectivity index (χ4n) is 2.84. The minimum absolute atomic E-state index is 0.190. The molecule has 0 bridgehead atoms. The highest BCUT2D eigenvalue weighted by Gasteiger charge is 2.14. The largest absolute Gasteiger partial charge is 0.494 e. The average molecular weight is 385 g/mol. The van der Waals surface area contributed by atoms with E-state index in [4.69, 9.17) is 4.74 Å². The molecule has 2 aromatic carbocycles. The number of hydrogen-bond acceptors (Lipinski definition) is 4. The molecule has 142 valence electrons. The predicted molar refractivity (Wildman–Crippen MR) is 106 cm³/mol. The summed E-state index contributed by atoms with van der Waals surface area (Å²) >= 11 is 0. The molecule has 0 fully saturated rings. The van der Waals surface area contributed by atoms with Gasteiger partial charge in [-0.05, 0) is 68.8 Å². The van der Waals surface area contributed by atoms with Crippen LogP contribution in [0.2, 0.25) is 0 Å². The third-order valence-electron chi connectivity index (χ3n) is 4.06. The molecule has 0 unspecified atom stereocenters. The first kappa shape index (κ1) is 19.0. The van der Waals surface area contributed by atoms with E-state index >= 15 is 0 Å². The summed E-state index contributed by atoms with van der Waals surface area (Å²) in [6, 6.07) is 15.7. The second kappa shape index (κ2) is 7.84. The normalized spacial score (nSPS) is 11.4. The SMILES string of the molecule is CCOc1ccc(S(=O)(=O)Nc2cccc(Cn3nc(C)cc3C)c2)cc1. The van der Waals surface area contributed by atoms with Crippen molar-refractivity contribution in [3.8, 4) is 5.75 Å². The summed E-state index contributed by atoms with van der Waals surface area (Å²) in [5.74, 6) is 0.642. The van der Waals surface area contributed by atoms with Gasteiger partial charge in [-0.3, -0.25) is 9.40 Å². The summed E-state index contributed by atoms with van der Waals surface area (Å²) in [5.41, 5.74) is 3.50. The number of benzene rings is 2. The van der Waals surface area contributed by atoms with E-state index in [1.165, 1.54) is 12.1 Å². The molecule has 0 amide bonds. The summed E-state index contributed by atoms with van der Waals surface area (Å²) in [6.45, 7) is 6.94. The molecule has 1 heterocycles. The minimum Gasteiger partial charge on any atom is -0.494 e. The fourth-order valence-corrected chi connectivity index (χ4v) is 3.89. The van der Waals surface area contributed by atoms with Crippen LogP contribution in [0.5, 0.6) is 5.75 Å². The van der Waals surface area contributed by atoms with Gasteiger partial charge in [0.25, 0.3) is 10.0 Å². The number of hydrogen-bond donors (Lipinski definition) is 1. The lowest BCUT2D eigenvalue weighted by Crippen LogP contribution is -2.13. The molecular formula is C20H23N3O3S. The predicted octanol–water partition coefficient (Wildman–Crippen LogP) is 3.75. The van der Waals surface area contributed by atoms with Gasteiger partial charge in [0.15, 0.2) is 0 Å². The topological polar surface area (TPSA) is 73.2 Å². The third kappa shape index (κ3) is 4.68. The molecule has 1 aromatic heterocycles. The number of nitrogens with one attached hydrogen (secondary N) is 1. The fraction of sp³-hybridized carbons (Fsp3) is 0.250. The smallest absolute Gasteiger partial charge is 0.261 e. The number of nitrogens with zero attached hydrogens (tertiary/aromatic N) is 2. The van der Waals surface area contributed by atoms with Gasteiger partial charge in [0.05, 0.1) is 23.7 Å². The summed E-state index contributed by atoms with van der Waals surface area (Å²) in [4.78, 5) is 0.190. The van der Waals surface area contributed by atoms with Gasteiger partial charge in [0, 0.05) is 11.4 Å². The third-order valence-corrected chi connectivity index (χ3v) is 5.46. The Balaban J connectivity index is 1.77.